The van der Waals surface area contributed by atoms with E-state index in [1.807, 2.05) is 58.0 Å². The lowest BCUT2D eigenvalue weighted by Gasteiger charge is -2.19. The minimum Gasteiger partial charge on any atom is -0.436 e. The third-order valence-electron chi connectivity index (χ3n) is 4.50. The molecule has 0 spiro atoms. The molecule has 0 atom stereocenters. The van der Waals surface area contributed by atoms with E-state index in [0.717, 1.165) is 34.3 Å². The van der Waals surface area contributed by atoms with E-state index in [4.69, 9.17) is 16.6 Å². The summed E-state index contributed by atoms with van der Waals surface area (Å²) in [7, 11) is 0. The molecule has 3 rings (SSSR count). The van der Waals surface area contributed by atoms with E-state index < -0.39 is 5.41 Å². The quantitative estimate of drug-likeness (QED) is 0.595. The summed E-state index contributed by atoms with van der Waals surface area (Å²) in [6, 6.07) is 11.9. The van der Waals surface area contributed by atoms with E-state index >= 15 is 0 Å². The molecule has 1 amide bonds. The first-order valence-electron chi connectivity index (χ1n) is 9.30. The Labute approximate surface area is 170 Å². The normalized spacial score (nSPS) is 11.5. The van der Waals surface area contributed by atoms with Crippen molar-refractivity contribution in [3.8, 4) is 11.5 Å². The maximum atomic E-state index is 12.1. The second-order valence-corrected chi connectivity index (χ2v) is 8.27. The van der Waals surface area contributed by atoms with Crippen molar-refractivity contribution in [1.29, 1.82) is 0 Å². The summed E-state index contributed by atoms with van der Waals surface area (Å²) in [6.45, 7) is 9.61. The number of carbonyl (C=O) groups excluding carboxylic acids is 1. The molecule has 0 aliphatic heterocycles. The molecule has 28 heavy (non-hydrogen) atoms. The molecule has 5 nitrogen and oxygen atoms in total. The fourth-order valence-corrected chi connectivity index (χ4v) is 2.85. The number of nitrogens with zero attached hydrogens (tertiary/aromatic N) is 1. The van der Waals surface area contributed by atoms with E-state index in [9.17, 15) is 4.79 Å². The maximum absolute atomic E-state index is 12.1. The topological polar surface area (TPSA) is 67.2 Å². The smallest absolute Gasteiger partial charge is 0.231 e. The van der Waals surface area contributed by atoms with Gasteiger partial charge in [-0.15, -0.1) is 0 Å². The average molecular weight is 396 g/mol. The maximum Gasteiger partial charge on any atom is 0.231 e. The molecule has 2 aromatic carbocycles. The molecule has 0 bridgehead atoms. The molecule has 1 heterocycles. The van der Waals surface area contributed by atoms with Crippen molar-refractivity contribution in [1.82, 2.24) is 10.3 Å². The molecule has 6 heteroatoms. The fraction of sp³-hybridized carbons (Fsp3) is 0.318. The third-order valence-corrected chi connectivity index (χ3v) is 4.71. The first-order valence-corrected chi connectivity index (χ1v) is 9.71. The molecule has 0 fully saturated rings. The zero-order valence-electron chi connectivity index (χ0n) is 16.8. The molecule has 0 unspecified atom stereocenters. The number of oxazole rings is 1. The number of amides is 1. The third kappa shape index (κ3) is 4.39. The molecule has 0 radical (unpaired) electrons. The van der Waals surface area contributed by atoms with Gasteiger partial charge in [0.15, 0.2) is 10.7 Å². The molecule has 0 saturated heterocycles. The number of fused-ring (bicyclic) bond motifs is 1. The molecule has 2 N–H and O–H groups in total. The van der Waals surface area contributed by atoms with Gasteiger partial charge in [0.2, 0.25) is 11.8 Å². The van der Waals surface area contributed by atoms with Crippen LogP contribution in [0.5, 0.6) is 0 Å². The Morgan fingerprint density at radius 2 is 1.93 bits per heavy atom. The van der Waals surface area contributed by atoms with Crippen LogP contribution in [-0.4, -0.2) is 16.0 Å². The van der Waals surface area contributed by atoms with Crippen LogP contribution in [0.15, 0.2) is 40.8 Å². The van der Waals surface area contributed by atoms with Gasteiger partial charge >= 0.3 is 0 Å². The second kappa shape index (κ2) is 7.72. The van der Waals surface area contributed by atoms with Gasteiger partial charge < -0.3 is 15.1 Å². The van der Waals surface area contributed by atoms with Crippen molar-refractivity contribution in [3.05, 3.63) is 47.5 Å². The number of aromatic nitrogens is 1. The standard InChI is InChI=1S/C22H25N3O2S/c1-6-14-8-10-18-17(11-14)23-19(27-18)15-9-7-13(2)16(12-15)24-21(28)25-20(26)22(3,4)5/h7-12H,6H2,1-5H3,(H2,24,25,26,28). The van der Waals surface area contributed by atoms with Gasteiger partial charge in [-0.05, 0) is 61.0 Å². The molecular weight excluding hydrogens is 370 g/mol. The molecule has 0 saturated carbocycles. The molecular formula is C22H25N3O2S. The van der Waals surface area contributed by atoms with E-state index in [-0.39, 0.29) is 11.0 Å². The average Bonchev–Trinajstić information content (AvgIpc) is 3.05. The van der Waals surface area contributed by atoms with Gasteiger partial charge in [-0.2, -0.15) is 0 Å². The zero-order chi connectivity index (χ0) is 20.5. The van der Waals surface area contributed by atoms with Gasteiger partial charge in [-0.3, -0.25) is 4.79 Å². The van der Waals surface area contributed by atoms with Crippen LogP contribution >= 0.6 is 12.2 Å². The van der Waals surface area contributed by atoms with E-state index in [1.165, 1.54) is 5.56 Å². The van der Waals surface area contributed by atoms with Crippen molar-refractivity contribution in [2.24, 2.45) is 5.41 Å². The van der Waals surface area contributed by atoms with Gasteiger partial charge in [0.05, 0.1) is 0 Å². The van der Waals surface area contributed by atoms with Gasteiger partial charge in [-0.25, -0.2) is 4.98 Å². The molecule has 0 aliphatic rings. The SMILES string of the molecule is CCc1ccc2oc(-c3ccc(C)c(NC(=S)NC(=O)C(C)(C)C)c3)nc2c1. The van der Waals surface area contributed by atoms with Crippen molar-refractivity contribution in [3.63, 3.8) is 0 Å². The molecule has 1 aromatic heterocycles. The van der Waals surface area contributed by atoms with Gasteiger partial charge in [0.1, 0.15) is 5.52 Å². The Morgan fingerprint density at radius 1 is 1.18 bits per heavy atom. The summed E-state index contributed by atoms with van der Waals surface area (Å²) in [5.41, 5.74) is 4.95. The number of carbonyl (C=O) groups is 1. The predicted molar refractivity (Wildman–Crippen MR) is 117 cm³/mol. The summed E-state index contributed by atoms with van der Waals surface area (Å²) in [4.78, 5) is 16.8. The van der Waals surface area contributed by atoms with Crippen molar-refractivity contribution < 1.29 is 9.21 Å². The summed E-state index contributed by atoms with van der Waals surface area (Å²) in [5, 5.41) is 6.11. The highest BCUT2D eigenvalue weighted by atomic mass is 32.1. The first-order chi connectivity index (χ1) is 13.2. The van der Waals surface area contributed by atoms with Crippen LogP contribution in [-0.2, 0) is 11.2 Å². The van der Waals surface area contributed by atoms with E-state index in [2.05, 4.69) is 28.6 Å². The fourth-order valence-electron chi connectivity index (χ4n) is 2.65. The van der Waals surface area contributed by atoms with Gasteiger partial charge in [-0.1, -0.05) is 39.8 Å². The van der Waals surface area contributed by atoms with Crippen molar-refractivity contribution in [2.45, 2.75) is 41.0 Å². The predicted octanol–water partition coefficient (Wildman–Crippen LogP) is 5.22. The van der Waals surface area contributed by atoms with E-state index in [1.54, 1.807) is 0 Å². The Balaban J connectivity index is 1.85. The number of aryl methyl sites for hydroxylation is 2. The summed E-state index contributed by atoms with van der Waals surface area (Å²) < 4.78 is 5.92. The lowest BCUT2D eigenvalue weighted by Crippen LogP contribution is -2.41. The van der Waals surface area contributed by atoms with Crippen LogP contribution in [0.1, 0.15) is 38.8 Å². The minimum absolute atomic E-state index is 0.135. The van der Waals surface area contributed by atoms with Crippen LogP contribution in [0.2, 0.25) is 0 Å². The van der Waals surface area contributed by atoms with Crippen molar-refractivity contribution in [2.75, 3.05) is 5.32 Å². The van der Waals surface area contributed by atoms with E-state index in [0.29, 0.717) is 5.89 Å². The Bertz CT molecular complexity index is 1050. The minimum atomic E-state index is -0.516. The number of anilines is 1. The second-order valence-electron chi connectivity index (χ2n) is 7.86. The number of benzene rings is 2. The van der Waals surface area contributed by atoms with Crippen molar-refractivity contribution >= 4 is 40.0 Å². The number of hydrogen-bond acceptors (Lipinski definition) is 4. The highest BCUT2D eigenvalue weighted by Crippen LogP contribution is 2.28. The molecule has 3 aromatic rings. The van der Waals surface area contributed by atoms with Crippen LogP contribution < -0.4 is 10.6 Å². The van der Waals surface area contributed by atoms with Crippen LogP contribution in [0.3, 0.4) is 0 Å². The molecule has 0 aliphatic carbocycles. The Kier molecular flexibility index (Phi) is 5.52. The van der Waals surface area contributed by atoms with Crippen LogP contribution in [0, 0.1) is 12.3 Å². The summed E-state index contributed by atoms with van der Waals surface area (Å²) in [6.07, 6.45) is 0.953. The first kappa shape index (κ1) is 20.0. The summed E-state index contributed by atoms with van der Waals surface area (Å²) in [5.74, 6) is 0.417. The largest absolute Gasteiger partial charge is 0.436 e. The lowest BCUT2D eigenvalue weighted by atomic mass is 9.96. The highest BCUT2D eigenvalue weighted by molar-refractivity contribution is 7.80. The van der Waals surface area contributed by atoms with Gasteiger partial charge in [0.25, 0.3) is 0 Å². The number of nitrogens with one attached hydrogen (secondary N) is 2. The summed E-state index contributed by atoms with van der Waals surface area (Å²) >= 11 is 5.30. The Morgan fingerprint density at radius 3 is 2.61 bits per heavy atom. The number of thiocarbonyl (C=S) groups is 1. The van der Waals surface area contributed by atoms with Crippen LogP contribution in [0.25, 0.3) is 22.6 Å². The lowest BCUT2D eigenvalue weighted by molar-refractivity contribution is -0.126. The molecule has 146 valence electrons. The zero-order valence-corrected chi connectivity index (χ0v) is 17.7. The Hall–Kier alpha value is -2.73. The number of rotatable bonds is 3. The van der Waals surface area contributed by atoms with Crippen LogP contribution in [0.4, 0.5) is 5.69 Å². The monoisotopic (exact) mass is 395 g/mol. The highest BCUT2D eigenvalue weighted by Gasteiger charge is 2.22. The van der Waals surface area contributed by atoms with Gasteiger partial charge in [0, 0.05) is 16.7 Å². The number of hydrogen-bond donors (Lipinski definition) is 2.